The van der Waals surface area contributed by atoms with Crippen LogP contribution in [0.1, 0.15) is 0 Å². The molecule has 1 rings (SSSR count). The van der Waals surface area contributed by atoms with E-state index in [1.54, 1.807) is 12.1 Å². The molecule has 0 aliphatic rings. The van der Waals surface area contributed by atoms with Crippen molar-refractivity contribution in [2.75, 3.05) is 17.7 Å². The van der Waals surface area contributed by atoms with Crippen LogP contribution in [-0.2, 0) is 9.59 Å². The minimum absolute atomic E-state index is 0.126. The van der Waals surface area contributed by atoms with E-state index in [-0.39, 0.29) is 23.3 Å². The summed E-state index contributed by atoms with van der Waals surface area (Å²) in [4.78, 5) is 26.2. The number of anilines is 1. The first-order valence-corrected chi connectivity index (χ1v) is 5.32. The second-order valence-corrected chi connectivity index (χ2v) is 3.48. The van der Waals surface area contributed by atoms with Gasteiger partial charge in [0.1, 0.15) is 0 Å². The number of carbonyl (C=O) groups is 2. The Bertz CT molecular complexity index is 398. The van der Waals surface area contributed by atoms with Crippen LogP contribution in [0.15, 0.2) is 18.3 Å². The summed E-state index contributed by atoms with van der Waals surface area (Å²) in [7, 11) is 0. The Kier molecular flexibility index (Phi) is 5.01. The van der Waals surface area contributed by atoms with Crippen molar-refractivity contribution in [1.29, 1.82) is 0 Å². The van der Waals surface area contributed by atoms with E-state index in [2.05, 4.69) is 15.6 Å². The summed E-state index contributed by atoms with van der Waals surface area (Å²) >= 11 is 11.1. The van der Waals surface area contributed by atoms with Crippen LogP contribution in [0.5, 0.6) is 0 Å². The quantitative estimate of drug-likeness (QED) is 0.485. The van der Waals surface area contributed by atoms with E-state index in [4.69, 9.17) is 23.2 Å². The Morgan fingerprint density at radius 1 is 1.38 bits per heavy atom. The first-order valence-electron chi connectivity index (χ1n) is 4.41. The Morgan fingerprint density at radius 2 is 2.12 bits per heavy atom. The topological polar surface area (TPSA) is 71.1 Å². The highest BCUT2D eigenvalue weighted by Crippen LogP contribution is 2.16. The van der Waals surface area contributed by atoms with Gasteiger partial charge in [0.15, 0.2) is 5.15 Å². The van der Waals surface area contributed by atoms with Gasteiger partial charge in [-0.25, -0.2) is 4.98 Å². The molecule has 86 valence electrons. The van der Waals surface area contributed by atoms with Crippen molar-refractivity contribution in [3.05, 3.63) is 23.5 Å². The average molecular weight is 262 g/mol. The van der Waals surface area contributed by atoms with E-state index in [0.29, 0.717) is 0 Å². The normalized spacial score (nSPS) is 9.62. The largest absolute Gasteiger partial charge is 0.347 e. The van der Waals surface area contributed by atoms with Crippen molar-refractivity contribution in [3.63, 3.8) is 0 Å². The minimum atomic E-state index is -0.806. The lowest BCUT2D eigenvalue weighted by molar-refractivity contribution is -0.136. The van der Waals surface area contributed by atoms with Gasteiger partial charge in [-0.2, -0.15) is 0 Å². The monoisotopic (exact) mass is 261 g/mol. The zero-order chi connectivity index (χ0) is 12.0. The van der Waals surface area contributed by atoms with Gasteiger partial charge in [-0.1, -0.05) is 11.6 Å². The highest BCUT2D eigenvalue weighted by Gasteiger charge is 2.14. The van der Waals surface area contributed by atoms with Crippen LogP contribution in [-0.4, -0.2) is 29.2 Å². The fourth-order valence-corrected chi connectivity index (χ4v) is 1.16. The van der Waals surface area contributed by atoms with Crippen LogP contribution in [0.2, 0.25) is 5.15 Å². The molecule has 0 saturated heterocycles. The molecule has 0 aromatic carbocycles. The highest BCUT2D eigenvalue weighted by molar-refractivity contribution is 6.41. The molecule has 1 aromatic rings. The molecule has 5 nitrogen and oxygen atoms in total. The smallest absolute Gasteiger partial charge is 0.313 e. The van der Waals surface area contributed by atoms with Gasteiger partial charge in [-0.05, 0) is 12.1 Å². The Balaban J connectivity index is 2.58. The molecule has 0 aliphatic carbocycles. The number of aromatic nitrogens is 1. The lowest BCUT2D eigenvalue weighted by Gasteiger charge is -2.05. The summed E-state index contributed by atoms with van der Waals surface area (Å²) < 4.78 is 0. The van der Waals surface area contributed by atoms with E-state index >= 15 is 0 Å². The van der Waals surface area contributed by atoms with E-state index in [0.717, 1.165) is 0 Å². The molecule has 2 N–H and O–H groups in total. The molecule has 0 atom stereocenters. The zero-order valence-corrected chi connectivity index (χ0v) is 9.68. The van der Waals surface area contributed by atoms with Gasteiger partial charge in [-0.15, -0.1) is 11.6 Å². The molecule has 0 bridgehead atoms. The molecule has 1 aromatic heterocycles. The molecule has 7 heteroatoms. The van der Waals surface area contributed by atoms with Crippen molar-refractivity contribution >= 4 is 40.7 Å². The molecule has 0 radical (unpaired) electrons. The maximum atomic E-state index is 11.3. The van der Waals surface area contributed by atoms with Crippen LogP contribution in [0, 0.1) is 0 Å². The standard InChI is InChI=1S/C9H9Cl2N3O2/c10-3-5-13-8(15)9(16)14-6-2-1-4-12-7(6)11/h1-2,4H,3,5H2,(H,13,15)(H,14,16). The zero-order valence-electron chi connectivity index (χ0n) is 8.17. The lowest BCUT2D eigenvalue weighted by Crippen LogP contribution is -2.36. The number of pyridine rings is 1. The van der Waals surface area contributed by atoms with Gasteiger partial charge in [0.05, 0.1) is 5.69 Å². The van der Waals surface area contributed by atoms with Gasteiger partial charge in [-0.3, -0.25) is 9.59 Å². The molecule has 16 heavy (non-hydrogen) atoms. The summed E-state index contributed by atoms with van der Waals surface area (Å²) in [5, 5.41) is 4.78. The first-order chi connectivity index (χ1) is 7.65. The number of hydrogen-bond acceptors (Lipinski definition) is 3. The SMILES string of the molecule is O=C(NCCCl)C(=O)Nc1cccnc1Cl. The van der Waals surface area contributed by atoms with E-state index in [1.807, 2.05) is 0 Å². The van der Waals surface area contributed by atoms with Crippen molar-refractivity contribution in [2.24, 2.45) is 0 Å². The summed E-state index contributed by atoms with van der Waals surface area (Å²) in [6.07, 6.45) is 1.48. The molecule has 0 unspecified atom stereocenters. The van der Waals surface area contributed by atoms with Gasteiger partial charge in [0.2, 0.25) is 0 Å². The maximum Gasteiger partial charge on any atom is 0.313 e. The third-order valence-electron chi connectivity index (χ3n) is 1.59. The second-order valence-electron chi connectivity index (χ2n) is 2.74. The number of rotatable bonds is 3. The number of nitrogens with one attached hydrogen (secondary N) is 2. The van der Waals surface area contributed by atoms with Gasteiger partial charge >= 0.3 is 11.8 Å². The fraction of sp³-hybridized carbons (Fsp3) is 0.222. The summed E-state index contributed by atoms with van der Waals surface area (Å²) in [6.45, 7) is 0.231. The van der Waals surface area contributed by atoms with E-state index in [1.165, 1.54) is 6.20 Å². The molecule has 1 heterocycles. The van der Waals surface area contributed by atoms with Gasteiger partial charge in [0.25, 0.3) is 0 Å². The van der Waals surface area contributed by atoms with Crippen LogP contribution >= 0.6 is 23.2 Å². The molecule has 0 spiro atoms. The predicted molar refractivity (Wildman–Crippen MR) is 61.6 cm³/mol. The molecule has 0 fully saturated rings. The van der Waals surface area contributed by atoms with Crippen LogP contribution < -0.4 is 10.6 Å². The van der Waals surface area contributed by atoms with Gasteiger partial charge in [0, 0.05) is 18.6 Å². The highest BCUT2D eigenvalue weighted by atomic mass is 35.5. The molecule has 2 amide bonds. The van der Waals surface area contributed by atoms with Crippen LogP contribution in [0.4, 0.5) is 5.69 Å². The van der Waals surface area contributed by atoms with Crippen molar-refractivity contribution in [1.82, 2.24) is 10.3 Å². The van der Waals surface area contributed by atoms with Crippen LogP contribution in [0.3, 0.4) is 0 Å². The maximum absolute atomic E-state index is 11.3. The second kappa shape index (κ2) is 6.30. The van der Waals surface area contributed by atoms with E-state index in [9.17, 15) is 9.59 Å². The summed E-state index contributed by atoms with van der Waals surface area (Å²) in [5.41, 5.74) is 0.287. The summed E-state index contributed by atoms with van der Waals surface area (Å²) in [6, 6.07) is 3.14. The Labute approximate surface area is 102 Å². The lowest BCUT2D eigenvalue weighted by atomic mass is 10.4. The third-order valence-corrected chi connectivity index (χ3v) is 2.08. The minimum Gasteiger partial charge on any atom is -0.347 e. The number of alkyl halides is 1. The van der Waals surface area contributed by atoms with Crippen molar-refractivity contribution in [3.8, 4) is 0 Å². The number of carbonyl (C=O) groups excluding carboxylic acids is 2. The van der Waals surface area contributed by atoms with E-state index < -0.39 is 11.8 Å². The molecule has 0 aliphatic heterocycles. The number of halogens is 2. The summed E-state index contributed by atoms with van der Waals surface area (Å²) in [5.74, 6) is -1.33. The predicted octanol–water partition coefficient (Wildman–Crippen LogP) is 1.03. The number of nitrogens with zero attached hydrogens (tertiary/aromatic N) is 1. The average Bonchev–Trinajstić information content (AvgIpc) is 2.28. The molecular formula is C9H9Cl2N3O2. The fourth-order valence-electron chi connectivity index (χ4n) is 0.899. The molecule has 0 saturated carbocycles. The Hall–Kier alpha value is -1.33. The first kappa shape index (κ1) is 12.7. The number of amides is 2. The van der Waals surface area contributed by atoms with Crippen molar-refractivity contribution < 1.29 is 9.59 Å². The third kappa shape index (κ3) is 3.67. The number of hydrogen-bond donors (Lipinski definition) is 2. The van der Waals surface area contributed by atoms with Crippen LogP contribution in [0.25, 0.3) is 0 Å². The van der Waals surface area contributed by atoms with Crippen molar-refractivity contribution in [2.45, 2.75) is 0 Å². The molecular weight excluding hydrogens is 253 g/mol. The Morgan fingerprint density at radius 3 is 2.75 bits per heavy atom. The van der Waals surface area contributed by atoms with Gasteiger partial charge < -0.3 is 10.6 Å².